The molecule has 2 rings (SSSR count). The number of rotatable bonds is 6. The maximum Gasteiger partial charge on any atom is 0.260 e. The molecule has 1 heterocycles. The topological polar surface area (TPSA) is 106 Å². The van der Waals surface area contributed by atoms with Crippen LogP contribution < -0.4 is 15.8 Å². The number of nitrogen functional groups attached to an aromatic ring is 1. The Morgan fingerprint density at radius 1 is 1.59 bits per heavy atom. The Bertz CT molecular complexity index is 664. The number of hydrogen-bond acceptors (Lipinski definition) is 5. The molecule has 1 amide bonds. The molecule has 1 atom stereocenters. The fourth-order valence-electron chi connectivity index (χ4n) is 1.68. The second-order valence-electron chi connectivity index (χ2n) is 4.52. The highest BCUT2D eigenvalue weighted by molar-refractivity contribution is 6.32. The zero-order valence-electron chi connectivity index (χ0n) is 11.8. The Labute approximate surface area is 131 Å². The number of ether oxygens (including phenoxy) is 1. The molecule has 0 fully saturated rings. The minimum atomic E-state index is -0.775. The first-order valence-corrected chi connectivity index (χ1v) is 6.89. The molecule has 1 aromatic heterocycles. The lowest BCUT2D eigenvalue weighted by molar-refractivity contribution is -0.127. The maximum absolute atomic E-state index is 12.9. The fourth-order valence-corrected chi connectivity index (χ4v) is 1.90. The largest absolute Gasteiger partial charge is 0.479 e. The van der Waals surface area contributed by atoms with E-state index in [2.05, 4.69) is 20.5 Å². The van der Waals surface area contributed by atoms with E-state index in [1.54, 1.807) is 6.92 Å². The summed E-state index contributed by atoms with van der Waals surface area (Å²) in [5.41, 5.74) is 5.37. The average Bonchev–Trinajstić information content (AvgIpc) is 2.87. The van der Waals surface area contributed by atoms with Crippen molar-refractivity contribution in [1.29, 1.82) is 0 Å². The number of carbonyl (C=O) groups is 1. The molecule has 0 radical (unpaired) electrons. The van der Waals surface area contributed by atoms with Crippen molar-refractivity contribution in [2.75, 3.05) is 12.3 Å². The number of hydrogen-bond donors (Lipinski definition) is 3. The van der Waals surface area contributed by atoms with Crippen LogP contribution in [0.3, 0.4) is 0 Å². The van der Waals surface area contributed by atoms with Crippen molar-refractivity contribution < 1.29 is 13.9 Å². The number of aromatic amines is 1. The summed E-state index contributed by atoms with van der Waals surface area (Å²) in [7, 11) is 0. The Morgan fingerprint density at radius 3 is 3.00 bits per heavy atom. The number of aromatic nitrogens is 3. The van der Waals surface area contributed by atoms with E-state index in [0.717, 1.165) is 6.07 Å². The molecule has 2 aromatic rings. The maximum atomic E-state index is 12.9. The van der Waals surface area contributed by atoms with Crippen LogP contribution in [0.25, 0.3) is 0 Å². The van der Waals surface area contributed by atoms with Crippen LogP contribution in [-0.2, 0) is 11.2 Å². The molecule has 9 heteroatoms. The summed E-state index contributed by atoms with van der Waals surface area (Å²) in [5.74, 6) is 0.180. The summed E-state index contributed by atoms with van der Waals surface area (Å²) in [4.78, 5) is 15.8. The van der Waals surface area contributed by atoms with Crippen molar-refractivity contribution in [3.05, 3.63) is 34.9 Å². The number of H-pyrrole nitrogens is 1. The van der Waals surface area contributed by atoms with E-state index in [-0.39, 0.29) is 22.6 Å². The minimum absolute atomic E-state index is 0.108. The summed E-state index contributed by atoms with van der Waals surface area (Å²) < 4.78 is 18.3. The van der Waals surface area contributed by atoms with Crippen LogP contribution in [0.5, 0.6) is 5.75 Å². The van der Waals surface area contributed by atoms with Crippen molar-refractivity contribution in [3.63, 3.8) is 0 Å². The molecule has 0 saturated carbocycles. The van der Waals surface area contributed by atoms with E-state index in [4.69, 9.17) is 22.1 Å². The molecular weight excluding hydrogens is 313 g/mol. The molecule has 0 spiro atoms. The van der Waals surface area contributed by atoms with Gasteiger partial charge in [-0.1, -0.05) is 11.6 Å². The van der Waals surface area contributed by atoms with E-state index in [9.17, 15) is 9.18 Å². The Kier molecular flexibility index (Phi) is 5.16. The lowest BCUT2D eigenvalue weighted by atomic mass is 10.3. The van der Waals surface area contributed by atoms with Gasteiger partial charge in [-0.15, -0.1) is 5.10 Å². The van der Waals surface area contributed by atoms with Crippen LogP contribution in [0.1, 0.15) is 12.7 Å². The van der Waals surface area contributed by atoms with Gasteiger partial charge in [0.1, 0.15) is 17.4 Å². The molecule has 0 aliphatic carbocycles. The fraction of sp³-hybridized carbons (Fsp3) is 0.308. The molecular formula is C13H15ClFN5O2. The Morgan fingerprint density at radius 2 is 2.36 bits per heavy atom. The molecule has 118 valence electrons. The average molecular weight is 328 g/mol. The number of benzene rings is 1. The molecule has 0 saturated heterocycles. The number of amides is 1. The lowest BCUT2D eigenvalue weighted by Gasteiger charge is -2.15. The quantitative estimate of drug-likeness (QED) is 0.741. The number of nitrogens with zero attached hydrogens (tertiary/aromatic N) is 2. The van der Waals surface area contributed by atoms with E-state index in [1.165, 1.54) is 12.1 Å². The SMILES string of the molecule is CC(Oc1ccc(F)cc1Cl)C(=O)NCCc1nc(N)n[nH]1. The van der Waals surface area contributed by atoms with Crippen LogP contribution in [0.2, 0.25) is 5.02 Å². The predicted octanol–water partition coefficient (Wildman–Crippen LogP) is 1.31. The van der Waals surface area contributed by atoms with Gasteiger partial charge in [-0.25, -0.2) is 4.39 Å². The highest BCUT2D eigenvalue weighted by Gasteiger charge is 2.16. The van der Waals surface area contributed by atoms with Gasteiger partial charge in [0, 0.05) is 13.0 Å². The number of nitrogens with two attached hydrogens (primary N) is 1. The first-order chi connectivity index (χ1) is 10.5. The lowest BCUT2D eigenvalue weighted by Crippen LogP contribution is -2.37. The summed E-state index contributed by atoms with van der Waals surface area (Å²) in [6.45, 7) is 1.92. The second kappa shape index (κ2) is 7.08. The second-order valence-corrected chi connectivity index (χ2v) is 4.92. The molecule has 7 nitrogen and oxygen atoms in total. The summed E-state index contributed by atoms with van der Waals surface area (Å²) in [6.07, 6.45) is -0.317. The van der Waals surface area contributed by atoms with Gasteiger partial charge in [-0.05, 0) is 25.1 Å². The van der Waals surface area contributed by atoms with Gasteiger partial charge in [0.05, 0.1) is 5.02 Å². The first-order valence-electron chi connectivity index (χ1n) is 6.52. The third-order valence-corrected chi connectivity index (χ3v) is 3.07. The van der Waals surface area contributed by atoms with Gasteiger partial charge in [0.2, 0.25) is 5.95 Å². The molecule has 0 bridgehead atoms. The first kappa shape index (κ1) is 16.0. The molecule has 1 aromatic carbocycles. The van der Waals surface area contributed by atoms with Crippen LogP contribution in [0, 0.1) is 5.82 Å². The number of nitrogens with one attached hydrogen (secondary N) is 2. The monoisotopic (exact) mass is 327 g/mol. The van der Waals surface area contributed by atoms with E-state index in [0.29, 0.717) is 18.8 Å². The van der Waals surface area contributed by atoms with E-state index < -0.39 is 11.9 Å². The Hall–Kier alpha value is -2.35. The van der Waals surface area contributed by atoms with Crippen molar-refractivity contribution in [1.82, 2.24) is 20.5 Å². The highest BCUT2D eigenvalue weighted by Crippen LogP contribution is 2.25. The third-order valence-electron chi connectivity index (χ3n) is 2.78. The van der Waals surface area contributed by atoms with Gasteiger partial charge >= 0.3 is 0 Å². The van der Waals surface area contributed by atoms with Crippen LogP contribution >= 0.6 is 11.6 Å². The number of halogens is 2. The van der Waals surface area contributed by atoms with Crippen LogP contribution in [0.4, 0.5) is 10.3 Å². The number of carbonyl (C=O) groups excluding carboxylic acids is 1. The molecule has 1 unspecified atom stereocenters. The highest BCUT2D eigenvalue weighted by atomic mass is 35.5. The van der Waals surface area contributed by atoms with Crippen LogP contribution in [-0.4, -0.2) is 33.7 Å². The standard InChI is InChI=1S/C13H15ClFN5O2/c1-7(22-10-3-2-8(15)6-9(10)14)12(21)17-5-4-11-18-13(16)20-19-11/h2-3,6-7H,4-5H2,1H3,(H,17,21)(H3,16,18,19,20). The summed E-state index contributed by atoms with van der Waals surface area (Å²) >= 11 is 5.84. The number of anilines is 1. The third kappa shape index (κ3) is 4.32. The van der Waals surface area contributed by atoms with Gasteiger partial charge in [0.25, 0.3) is 5.91 Å². The molecule has 4 N–H and O–H groups in total. The smallest absolute Gasteiger partial charge is 0.260 e. The van der Waals surface area contributed by atoms with E-state index in [1.807, 2.05) is 0 Å². The van der Waals surface area contributed by atoms with Crippen molar-refractivity contribution in [2.45, 2.75) is 19.4 Å². The molecule has 0 aliphatic heterocycles. The van der Waals surface area contributed by atoms with E-state index >= 15 is 0 Å². The van der Waals surface area contributed by atoms with Gasteiger partial charge in [0.15, 0.2) is 6.10 Å². The molecule has 22 heavy (non-hydrogen) atoms. The van der Waals surface area contributed by atoms with Crippen molar-refractivity contribution >= 4 is 23.5 Å². The zero-order chi connectivity index (χ0) is 16.1. The predicted molar refractivity (Wildman–Crippen MR) is 79.0 cm³/mol. The Balaban J connectivity index is 1.81. The van der Waals surface area contributed by atoms with Gasteiger partial charge in [-0.3, -0.25) is 9.89 Å². The van der Waals surface area contributed by atoms with Gasteiger partial charge < -0.3 is 15.8 Å². The summed E-state index contributed by atoms with van der Waals surface area (Å²) in [6, 6.07) is 3.70. The van der Waals surface area contributed by atoms with Crippen molar-refractivity contribution in [3.8, 4) is 5.75 Å². The minimum Gasteiger partial charge on any atom is -0.479 e. The zero-order valence-corrected chi connectivity index (χ0v) is 12.5. The normalized spacial score (nSPS) is 12.0. The van der Waals surface area contributed by atoms with Crippen LogP contribution in [0.15, 0.2) is 18.2 Å². The van der Waals surface area contributed by atoms with Crippen molar-refractivity contribution in [2.24, 2.45) is 0 Å². The van der Waals surface area contributed by atoms with Gasteiger partial charge in [-0.2, -0.15) is 4.98 Å². The molecule has 0 aliphatic rings. The summed E-state index contributed by atoms with van der Waals surface area (Å²) in [5, 5.41) is 9.11.